The third-order valence-corrected chi connectivity index (χ3v) is 17.0. The molecule has 9 amide bonds. The van der Waals surface area contributed by atoms with Gasteiger partial charge in [-0.1, -0.05) is 68.8 Å². The van der Waals surface area contributed by atoms with Crippen molar-refractivity contribution in [1.29, 1.82) is 0 Å². The van der Waals surface area contributed by atoms with Crippen LogP contribution in [-0.2, 0) is 35.2 Å². The molecule has 22 heteroatoms. The number of H-pyrrole nitrogens is 2. The van der Waals surface area contributed by atoms with E-state index in [1.165, 1.54) is 33.3 Å². The van der Waals surface area contributed by atoms with E-state index in [9.17, 15) is 43.2 Å². The number of nitrogens with one attached hydrogen (secondary N) is 4. The van der Waals surface area contributed by atoms with Crippen LogP contribution in [0.1, 0.15) is 89.5 Å². The number of anilines is 2. The van der Waals surface area contributed by atoms with Crippen LogP contribution in [0.15, 0.2) is 109 Å². The molecule has 3 atom stereocenters. The first-order valence-electron chi connectivity index (χ1n) is 28.1. The number of amides is 9. The van der Waals surface area contributed by atoms with Crippen LogP contribution in [0.5, 0.6) is 5.75 Å². The van der Waals surface area contributed by atoms with Gasteiger partial charge in [0.15, 0.2) is 5.75 Å². The van der Waals surface area contributed by atoms with Crippen LogP contribution in [0.25, 0.3) is 31.9 Å². The summed E-state index contributed by atoms with van der Waals surface area (Å²) in [4.78, 5) is 135. The van der Waals surface area contributed by atoms with Gasteiger partial charge in [0.05, 0.1) is 23.0 Å². The fraction of sp³-hybridized carbons (Fsp3) is 0.339. The van der Waals surface area contributed by atoms with Gasteiger partial charge in [0, 0.05) is 109 Å². The number of rotatable bonds is 20. The number of alkyl halides is 1. The summed E-state index contributed by atoms with van der Waals surface area (Å²) < 4.78 is 6.91. The molecule has 3 aliphatic heterocycles. The summed E-state index contributed by atoms with van der Waals surface area (Å²) in [6.45, 7) is 6.13. The molecule has 3 aliphatic rings. The number of unbranched alkanes of at least 4 members (excludes halogenated alkanes) is 2. The van der Waals surface area contributed by atoms with E-state index >= 15 is 0 Å². The summed E-state index contributed by atoms with van der Waals surface area (Å²) >= 11 is 8.05. The van der Waals surface area contributed by atoms with Crippen LogP contribution in [0.2, 0.25) is 0 Å². The molecule has 0 unspecified atom stereocenters. The SMILES string of the molecule is Cc1csc2c(OC(=O)N3CCN(C(=O)CNC(=O)[C@H](CC(C)C)N(C(=O)CCCCCN4C(=O)C=CC4=O)C(=O)[C@@H](N)Cc4ccccc4)CC3)cc3c(c12)[C@@H](CCl)CN3C(=O)c1cc2cc(NC(=O)c3cc4ccccc4[nH]3)ccc2[nH]1. The average molecular weight is 1180 g/mol. The van der Waals surface area contributed by atoms with Crippen LogP contribution in [0.3, 0.4) is 0 Å². The van der Waals surface area contributed by atoms with Crippen molar-refractivity contribution in [1.82, 2.24) is 34.9 Å². The summed E-state index contributed by atoms with van der Waals surface area (Å²) in [6, 6.07) is 24.8. The highest BCUT2D eigenvalue weighted by molar-refractivity contribution is 7.17. The lowest BCUT2D eigenvalue weighted by Crippen LogP contribution is -2.58. The fourth-order valence-electron chi connectivity index (χ4n) is 11.2. The number of aromatic amines is 2. The van der Waals surface area contributed by atoms with E-state index in [0.717, 1.165) is 47.5 Å². The van der Waals surface area contributed by atoms with E-state index in [0.29, 0.717) is 52.9 Å². The van der Waals surface area contributed by atoms with Crippen molar-refractivity contribution in [3.63, 3.8) is 0 Å². The number of nitrogens with zero attached hydrogens (tertiary/aromatic N) is 5. The quantitative estimate of drug-likeness (QED) is 0.0277. The van der Waals surface area contributed by atoms with Gasteiger partial charge in [-0.15, -0.1) is 22.9 Å². The van der Waals surface area contributed by atoms with Gasteiger partial charge in [-0.2, -0.15) is 0 Å². The number of carbonyl (C=O) groups excluding carboxylic acids is 9. The number of ether oxygens (including phenoxy) is 1. The number of para-hydroxylation sites is 1. The zero-order chi connectivity index (χ0) is 59.3. The summed E-state index contributed by atoms with van der Waals surface area (Å²) in [6.07, 6.45) is 3.05. The minimum Gasteiger partial charge on any atom is -0.409 e. The molecule has 1 saturated heterocycles. The van der Waals surface area contributed by atoms with Crippen molar-refractivity contribution in [2.45, 2.75) is 77.3 Å². The largest absolute Gasteiger partial charge is 0.415 e. The van der Waals surface area contributed by atoms with Crippen LogP contribution in [-0.4, -0.2) is 147 Å². The average Bonchev–Trinajstić information content (AvgIpc) is 3.76. The minimum atomic E-state index is -1.29. The molecule has 84 heavy (non-hydrogen) atoms. The van der Waals surface area contributed by atoms with E-state index in [1.54, 1.807) is 41.3 Å². The van der Waals surface area contributed by atoms with E-state index in [1.807, 2.05) is 80.7 Å². The Hall–Kier alpha value is -8.66. The molecule has 0 saturated carbocycles. The number of hydrogen-bond donors (Lipinski definition) is 5. The van der Waals surface area contributed by atoms with Crippen molar-refractivity contribution in [2.24, 2.45) is 11.7 Å². The van der Waals surface area contributed by atoms with Crippen LogP contribution < -0.4 is 26.0 Å². The van der Waals surface area contributed by atoms with Crippen LogP contribution >= 0.6 is 22.9 Å². The number of piperazine rings is 1. The molecule has 4 aromatic carbocycles. The maximum Gasteiger partial charge on any atom is 0.415 e. The first-order valence-corrected chi connectivity index (χ1v) is 29.5. The lowest BCUT2D eigenvalue weighted by Gasteiger charge is -2.35. The highest BCUT2D eigenvalue weighted by Crippen LogP contribution is 2.49. The molecule has 0 bridgehead atoms. The normalized spacial score (nSPS) is 15.8. The molecule has 3 aromatic heterocycles. The fourth-order valence-corrected chi connectivity index (χ4v) is 12.5. The molecule has 436 valence electrons. The Kier molecular flexibility index (Phi) is 17.7. The highest BCUT2D eigenvalue weighted by atomic mass is 35.5. The number of carbonyl (C=O) groups is 9. The topological polar surface area (TPSA) is 261 Å². The van der Waals surface area contributed by atoms with Crippen LogP contribution in [0, 0.1) is 12.8 Å². The van der Waals surface area contributed by atoms with Crippen molar-refractivity contribution < 1.29 is 47.9 Å². The number of aryl methyl sites for hydroxylation is 1. The van der Waals surface area contributed by atoms with Gasteiger partial charge >= 0.3 is 6.09 Å². The number of hydrogen-bond acceptors (Lipinski definition) is 12. The Morgan fingerprint density at radius 2 is 1.51 bits per heavy atom. The van der Waals surface area contributed by atoms with E-state index in [-0.39, 0.29) is 93.8 Å². The number of imide groups is 2. The Balaban J connectivity index is 0.776. The second-order valence-electron chi connectivity index (χ2n) is 21.9. The third-order valence-electron chi connectivity index (χ3n) is 15.5. The number of nitrogens with two attached hydrogens (primary N) is 1. The predicted octanol–water partition coefficient (Wildman–Crippen LogP) is 7.99. The summed E-state index contributed by atoms with van der Waals surface area (Å²) in [5.41, 5.74) is 12.4. The van der Waals surface area contributed by atoms with Crippen molar-refractivity contribution >= 4 is 120 Å². The number of halogens is 1. The van der Waals surface area contributed by atoms with Gasteiger partial charge in [-0.3, -0.25) is 48.2 Å². The number of aromatic nitrogens is 2. The molecule has 7 aromatic rings. The lowest BCUT2D eigenvalue weighted by molar-refractivity contribution is -0.153. The Morgan fingerprint density at radius 1 is 0.821 bits per heavy atom. The number of thiophene rings is 1. The lowest BCUT2D eigenvalue weighted by atomic mass is 9.97. The summed E-state index contributed by atoms with van der Waals surface area (Å²) in [5, 5.41) is 10.1. The predicted molar refractivity (Wildman–Crippen MR) is 321 cm³/mol. The van der Waals surface area contributed by atoms with Crippen molar-refractivity contribution in [3.05, 3.63) is 137 Å². The minimum absolute atomic E-state index is 0.0913. The standard InChI is InChI=1S/C62H65ClN10O10S/c1-36(2)26-49(73(60(80)43(64)27-38-12-6-4-7-13-38)53(76)16-8-5-11-21-71-51(74)19-20-52(71)75)59(79)65-33-54(77)69-22-24-70(25-23-69)62(82)83-50-31-48-56(55-37(3)35-84-57(50)55)41(32-63)34-72(48)61(81)47-30-40-28-42(17-18-45(40)68-47)66-58(78)46-29-39-14-9-10-15-44(39)67-46/h4,6-7,9-10,12-15,17-20,28-31,35-36,41,43,49,67-68H,5,8,11,16,21-27,32-34,64H2,1-3H3,(H,65,79)(H,66,78)/t41-,43-,49-/m0/s1. The molecular weight excluding hydrogens is 1110 g/mol. The summed E-state index contributed by atoms with van der Waals surface area (Å²) in [7, 11) is 0. The van der Waals surface area contributed by atoms with Gasteiger partial charge in [-0.05, 0) is 97.0 Å². The van der Waals surface area contributed by atoms with Gasteiger partial charge in [0.25, 0.3) is 23.6 Å². The molecule has 0 radical (unpaired) electrons. The Bertz CT molecular complexity index is 3700. The maximum absolute atomic E-state index is 14.6. The summed E-state index contributed by atoms with van der Waals surface area (Å²) in [5.74, 6) is -3.79. The molecular formula is C62H65ClN10O10S. The highest BCUT2D eigenvalue weighted by Gasteiger charge is 2.40. The van der Waals surface area contributed by atoms with Crippen molar-refractivity contribution in [2.75, 3.05) is 61.9 Å². The first kappa shape index (κ1) is 58.5. The molecule has 0 aliphatic carbocycles. The van der Waals surface area contributed by atoms with Crippen LogP contribution in [0.4, 0.5) is 16.2 Å². The zero-order valence-electron chi connectivity index (χ0n) is 46.8. The van der Waals surface area contributed by atoms with Gasteiger partial charge in [0.2, 0.25) is 23.6 Å². The van der Waals surface area contributed by atoms with Gasteiger partial charge < -0.3 is 45.8 Å². The number of benzene rings is 4. The first-order chi connectivity index (χ1) is 40.5. The van der Waals surface area contributed by atoms with E-state index in [4.69, 9.17) is 22.1 Å². The van der Waals surface area contributed by atoms with Gasteiger partial charge in [0.1, 0.15) is 17.4 Å². The third kappa shape index (κ3) is 12.6. The molecule has 20 nitrogen and oxygen atoms in total. The zero-order valence-corrected chi connectivity index (χ0v) is 48.4. The van der Waals surface area contributed by atoms with Crippen molar-refractivity contribution in [3.8, 4) is 5.75 Å². The van der Waals surface area contributed by atoms with E-state index < -0.39 is 60.2 Å². The second-order valence-corrected chi connectivity index (χ2v) is 23.1. The Morgan fingerprint density at radius 3 is 2.24 bits per heavy atom. The smallest absolute Gasteiger partial charge is 0.409 e. The molecule has 6 N–H and O–H groups in total. The number of fused-ring (bicyclic) bond motifs is 5. The molecule has 1 fully saturated rings. The second kappa shape index (κ2) is 25.5. The molecule has 0 spiro atoms. The van der Waals surface area contributed by atoms with E-state index in [2.05, 4.69) is 20.6 Å². The maximum atomic E-state index is 14.6. The molecule has 6 heterocycles. The monoisotopic (exact) mass is 1180 g/mol. The molecule has 10 rings (SSSR count). The van der Waals surface area contributed by atoms with Gasteiger partial charge in [-0.25, -0.2) is 4.79 Å². The Labute approximate surface area is 493 Å².